The third kappa shape index (κ3) is 3.69. The van der Waals surface area contributed by atoms with Crippen LogP contribution in [-0.2, 0) is 6.42 Å². The molecule has 1 heterocycles. The van der Waals surface area contributed by atoms with E-state index in [1.807, 2.05) is 41.3 Å². The fourth-order valence-corrected chi connectivity index (χ4v) is 3.11. The van der Waals surface area contributed by atoms with Gasteiger partial charge in [-0.2, -0.15) is 13.2 Å². The van der Waals surface area contributed by atoms with E-state index >= 15 is 0 Å². The maximum Gasteiger partial charge on any atom is 0.393 e. The number of rotatable bonds is 3. The van der Waals surface area contributed by atoms with E-state index in [9.17, 15) is 13.2 Å². The van der Waals surface area contributed by atoms with Crippen LogP contribution in [0, 0.1) is 12.8 Å². The normalized spacial score (nSPS) is 18.4. The van der Waals surface area contributed by atoms with Gasteiger partial charge in [0.2, 0.25) is 0 Å². The molecule has 3 rings (SSSR count). The summed E-state index contributed by atoms with van der Waals surface area (Å²) in [7, 11) is 0. The predicted molar refractivity (Wildman–Crippen MR) is 86.8 cm³/mol. The maximum atomic E-state index is 12.8. The first-order valence-corrected chi connectivity index (χ1v) is 7.88. The van der Waals surface area contributed by atoms with Crippen LogP contribution in [0.15, 0.2) is 48.5 Å². The van der Waals surface area contributed by atoms with Gasteiger partial charge >= 0.3 is 6.18 Å². The van der Waals surface area contributed by atoms with Gasteiger partial charge in [0.1, 0.15) is 0 Å². The number of anilines is 1. The molecule has 1 aliphatic rings. The minimum absolute atomic E-state index is 0.0701. The first-order chi connectivity index (χ1) is 10.9. The van der Waals surface area contributed by atoms with Crippen LogP contribution >= 0.6 is 0 Å². The van der Waals surface area contributed by atoms with Crippen LogP contribution < -0.4 is 4.90 Å². The summed E-state index contributed by atoms with van der Waals surface area (Å²) in [6, 6.07) is 16.2. The van der Waals surface area contributed by atoms with E-state index in [0.29, 0.717) is 6.54 Å². The molecule has 2 aromatic carbocycles. The fourth-order valence-electron chi connectivity index (χ4n) is 3.11. The van der Waals surface area contributed by atoms with Crippen LogP contribution in [0.2, 0.25) is 0 Å². The van der Waals surface area contributed by atoms with Crippen molar-refractivity contribution in [3.05, 3.63) is 65.2 Å². The zero-order chi connectivity index (χ0) is 16.4. The molecule has 0 spiro atoms. The summed E-state index contributed by atoms with van der Waals surface area (Å²) in [6.07, 6.45) is -3.05. The molecular weight excluding hydrogens is 299 g/mol. The van der Waals surface area contributed by atoms with Gasteiger partial charge < -0.3 is 4.90 Å². The summed E-state index contributed by atoms with van der Waals surface area (Å²) in [4.78, 5) is 1.83. The summed E-state index contributed by atoms with van der Waals surface area (Å²) in [5.41, 5.74) is 4.59. The smallest absolute Gasteiger partial charge is 0.371 e. The molecule has 1 saturated heterocycles. The van der Waals surface area contributed by atoms with E-state index < -0.39 is 12.1 Å². The molecule has 1 nitrogen and oxygen atoms in total. The van der Waals surface area contributed by atoms with Crippen molar-refractivity contribution in [3.63, 3.8) is 0 Å². The van der Waals surface area contributed by atoms with Gasteiger partial charge in [-0.15, -0.1) is 0 Å². The number of benzene rings is 2. The van der Waals surface area contributed by atoms with Crippen LogP contribution in [0.1, 0.15) is 23.1 Å². The molecule has 23 heavy (non-hydrogen) atoms. The van der Waals surface area contributed by atoms with Gasteiger partial charge in [0, 0.05) is 18.8 Å². The standard InChI is InChI=1S/C19H20F3N/c1-14-4-2-3-5-16(14)12-15-6-8-18(9-7-15)23-11-10-17(13-23)19(20,21)22/h2-9,17H,10-13H2,1H3. The third-order valence-corrected chi connectivity index (χ3v) is 4.61. The molecule has 0 radical (unpaired) electrons. The lowest BCUT2D eigenvalue weighted by Crippen LogP contribution is -2.27. The van der Waals surface area contributed by atoms with Crippen molar-refractivity contribution in [2.75, 3.05) is 18.0 Å². The number of hydrogen-bond acceptors (Lipinski definition) is 1. The van der Waals surface area contributed by atoms with Gasteiger partial charge in [-0.3, -0.25) is 0 Å². The van der Waals surface area contributed by atoms with E-state index in [1.54, 1.807) is 0 Å². The molecule has 0 N–H and O–H groups in total. The van der Waals surface area contributed by atoms with Crippen LogP contribution in [-0.4, -0.2) is 19.3 Å². The van der Waals surface area contributed by atoms with Gasteiger partial charge in [-0.05, 0) is 48.6 Å². The molecule has 0 saturated carbocycles. The van der Waals surface area contributed by atoms with Crippen molar-refractivity contribution >= 4 is 5.69 Å². The molecule has 0 aliphatic carbocycles. The molecule has 122 valence electrons. The molecule has 0 bridgehead atoms. The Hall–Kier alpha value is -1.97. The summed E-state index contributed by atoms with van der Waals surface area (Å²) in [5.74, 6) is -1.20. The van der Waals surface area contributed by atoms with Gasteiger partial charge in [-0.25, -0.2) is 0 Å². The second kappa shape index (κ2) is 6.26. The zero-order valence-corrected chi connectivity index (χ0v) is 13.1. The molecule has 2 aromatic rings. The molecule has 4 heteroatoms. The molecule has 1 unspecified atom stereocenters. The van der Waals surface area contributed by atoms with Gasteiger partial charge in [0.05, 0.1) is 5.92 Å². The minimum atomic E-state index is -4.08. The van der Waals surface area contributed by atoms with Crippen molar-refractivity contribution < 1.29 is 13.2 Å². The fraction of sp³-hybridized carbons (Fsp3) is 0.368. The Morgan fingerprint density at radius 2 is 1.74 bits per heavy atom. The van der Waals surface area contributed by atoms with E-state index in [-0.39, 0.29) is 13.0 Å². The number of aryl methyl sites for hydroxylation is 1. The first kappa shape index (κ1) is 15.9. The van der Waals surface area contributed by atoms with E-state index in [4.69, 9.17) is 0 Å². The Balaban J connectivity index is 1.67. The van der Waals surface area contributed by atoms with Crippen molar-refractivity contribution in [2.24, 2.45) is 5.92 Å². The van der Waals surface area contributed by atoms with Gasteiger partial charge in [0.25, 0.3) is 0 Å². The second-order valence-corrected chi connectivity index (χ2v) is 6.24. The quantitative estimate of drug-likeness (QED) is 0.771. The monoisotopic (exact) mass is 319 g/mol. The first-order valence-electron chi connectivity index (χ1n) is 7.88. The van der Waals surface area contributed by atoms with Gasteiger partial charge in [0.15, 0.2) is 0 Å². The molecule has 1 aliphatic heterocycles. The molecular formula is C19H20F3N. The predicted octanol–water partition coefficient (Wildman–Crippen LogP) is 4.97. The van der Waals surface area contributed by atoms with E-state index in [1.165, 1.54) is 16.7 Å². The van der Waals surface area contributed by atoms with Crippen LogP contribution in [0.4, 0.5) is 18.9 Å². The number of halogens is 3. The van der Waals surface area contributed by atoms with Crippen LogP contribution in [0.25, 0.3) is 0 Å². The van der Waals surface area contributed by atoms with Crippen molar-refractivity contribution in [1.29, 1.82) is 0 Å². The van der Waals surface area contributed by atoms with Crippen molar-refractivity contribution in [1.82, 2.24) is 0 Å². The average molecular weight is 319 g/mol. The summed E-state index contributed by atoms with van der Waals surface area (Å²) in [5, 5.41) is 0. The average Bonchev–Trinajstić information content (AvgIpc) is 3.00. The Bertz CT molecular complexity index is 661. The lowest BCUT2D eigenvalue weighted by Gasteiger charge is -2.20. The summed E-state index contributed by atoms with van der Waals surface area (Å²) in [6.45, 7) is 2.63. The van der Waals surface area contributed by atoms with E-state index in [2.05, 4.69) is 19.1 Å². The molecule has 1 atom stereocenters. The topological polar surface area (TPSA) is 3.24 Å². The molecule has 0 amide bonds. The highest BCUT2D eigenvalue weighted by Gasteiger charge is 2.43. The summed E-state index contributed by atoms with van der Waals surface area (Å²) >= 11 is 0. The highest BCUT2D eigenvalue weighted by molar-refractivity contribution is 5.49. The van der Waals surface area contributed by atoms with E-state index in [0.717, 1.165) is 12.1 Å². The zero-order valence-electron chi connectivity index (χ0n) is 13.1. The molecule has 1 fully saturated rings. The highest BCUT2D eigenvalue weighted by atomic mass is 19.4. The highest BCUT2D eigenvalue weighted by Crippen LogP contribution is 2.35. The van der Waals surface area contributed by atoms with Crippen molar-refractivity contribution in [2.45, 2.75) is 25.9 Å². The number of nitrogens with zero attached hydrogens (tertiary/aromatic N) is 1. The Labute approximate surface area is 134 Å². The number of hydrogen-bond donors (Lipinski definition) is 0. The van der Waals surface area contributed by atoms with Crippen LogP contribution in [0.5, 0.6) is 0 Å². The Morgan fingerprint density at radius 1 is 1.04 bits per heavy atom. The van der Waals surface area contributed by atoms with Gasteiger partial charge in [-0.1, -0.05) is 36.4 Å². The Morgan fingerprint density at radius 3 is 2.35 bits per heavy atom. The minimum Gasteiger partial charge on any atom is -0.371 e. The maximum absolute atomic E-state index is 12.8. The SMILES string of the molecule is Cc1ccccc1Cc1ccc(N2CCC(C(F)(F)F)C2)cc1. The number of alkyl halides is 3. The van der Waals surface area contributed by atoms with Crippen LogP contribution in [0.3, 0.4) is 0 Å². The second-order valence-electron chi connectivity index (χ2n) is 6.24. The largest absolute Gasteiger partial charge is 0.393 e. The van der Waals surface area contributed by atoms with Crippen molar-refractivity contribution in [3.8, 4) is 0 Å². The lowest BCUT2D eigenvalue weighted by atomic mass is 10.0. The molecule has 0 aromatic heterocycles. The summed E-state index contributed by atoms with van der Waals surface area (Å²) < 4.78 is 38.3. The Kier molecular flexibility index (Phi) is 4.33. The lowest BCUT2D eigenvalue weighted by molar-refractivity contribution is -0.168. The third-order valence-electron chi connectivity index (χ3n) is 4.61.